The summed E-state index contributed by atoms with van der Waals surface area (Å²) in [6, 6.07) is 5.21. The van der Waals surface area contributed by atoms with E-state index in [4.69, 9.17) is 11.6 Å². The van der Waals surface area contributed by atoms with E-state index in [0.717, 1.165) is 28.5 Å². The normalized spacial score (nSPS) is 25.7. The van der Waals surface area contributed by atoms with Crippen molar-refractivity contribution in [2.75, 3.05) is 17.1 Å². The highest BCUT2D eigenvalue weighted by molar-refractivity contribution is 7.92. The number of anilines is 1. The Morgan fingerprint density at radius 2 is 2.08 bits per heavy atom. The summed E-state index contributed by atoms with van der Waals surface area (Å²) in [5, 5.41) is 3.51. The van der Waals surface area contributed by atoms with E-state index in [2.05, 4.69) is 5.32 Å². The summed E-state index contributed by atoms with van der Waals surface area (Å²) in [7, 11) is -3.57. The van der Waals surface area contributed by atoms with Crippen molar-refractivity contribution in [3.8, 4) is 0 Å². The molecule has 0 unspecified atom stereocenters. The number of carbonyl (C=O) groups is 1. The maximum atomic E-state index is 12.4. The molecule has 132 valence electrons. The van der Waals surface area contributed by atoms with Gasteiger partial charge < -0.3 is 5.32 Å². The zero-order valence-electron chi connectivity index (χ0n) is 14.0. The van der Waals surface area contributed by atoms with Gasteiger partial charge in [0.05, 0.1) is 11.9 Å². The zero-order chi connectivity index (χ0) is 17.5. The van der Waals surface area contributed by atoms with Crippen LogP contribution >= 0.6 is 11.6 Å². The third-order valence-corrected chi connectivity index (χ3v) is 6.76. The van der Waals surface area contributed by atoms with Gasteiger partial charge in [0.15, 0.2) is 0 Å². The molecule has 0 saturated heterocycles. The largest absolute Gasteiger partial charge is 0.352 e. The summed E-state index contributed by atoms with van der Waals surface area (Å²) < 4.78 is 25.4. The smallest absolute Gasteiger partial charge is 0.241 e. The van der Waals surface area contributed by atoms with Gasteiger partial charge in [0.25, 0.3) is 0 Å². The lowest BCUT2D eigenvalue weighted by Gasteiger charge is -2.26. The molecule has 3 atom stereocenters. The number of aryl methyl sites for hydroxylation is 1. The van der Waals surface area contributed by atoms with Gasteiger partial charge in [-0.05, 0) is 55.7 Å². The molecular weight excluding hydrogens is 348 g/mol. The molecule has 1 aromatic carbocycles. The molecule has 1 amide bonds. The molecule has 0 heterocycles. The van der Waals surface area contributed by atoms with Crippen LogP contribution in [0.5, 0.6) is 0 Å². The molecule has 2 saturated carbocycles. The van der Waals surface area contributed by atoms with E-state index < -0.39 is 10.0 Å². The lowest BCUT2D eigenvalue weighted by molar-refractivity contribution is -0.120. The quantitative estimate of drug-likeness (QED) is 0.866. The second kappa shape index (κ2) is 6.56. The first-order valence-electron chi connectivity index (χ1n) is 8.27. The van der Waals surface area contributed by atoms with Gasteiger partial charge in [-0.25, -0.2) is 8.42 Å². The number of carbonyl (C=O) groups excluding carboxylic acids is 1. The number of halogens is 1. The number of fused-ring (bicyclic) bond motifs is 2. The highest BCUT2D eigenvalue weighted by Gasteiger charge is 2.40. The Labute approximate surface area is 148 Å². The van der Waals surface area contributed by atoms with Crippen LogP contribution in [0.1, 0.15) is 31.2 Å². The van der Waals surface area contributed by atoms with E-state index >= 15 is 0 Å². The standard InChI is InChI=1S/C17H23ClN2O3S/c1-11-3-6-14(9-15(11)18)20(24(2,22)23)10-17(21)19-16-8-12-4-5-13(16)7-12/h3,6,9,12-13,16H,4-5,7-8,10H2,1-2H3,(H,19,21)/t12-,13-,16+/m1/s1. The predicted octanol–water partition coefficient (Wildman–Crippen LogP) is 2.72. The van der Waals surface area contributed by atoms with Gasteiger partial charge in [-0.1, -0.05) is 24.1 Å². The Morgan fingerprint density at radius 3 is 2.62 bits per heavy atom. The fraction of sp³-hybridized carbons (Fsp3) is 0.588. The summed E-state index contributed by atoms with van der Waals surface area (Å²) in [5.74, 6) is 1.02. The molecule has 2 aliphatic rings. The van der Waals surface area contributed by atoms with Crippen molar-refractivity contribution in [1.82, 2.24) is 5.32 Å². The van der Waals surface area contributed by atoms with Crippen LogP contribution in [0.2, 0.25) is 5.02 Å². The average molecular weight is 371 g/mol. The van der Waals surface area contributed by atoms with E-state index in [9.17, 15) is 13.2 Å². The zero-order valence-corrected chi connectivity index (χ0v) is 15.5. The van der Waals surface area contributed by atoms with Crippen molar-refractivity contribution in [2.24, 2.45) is 11.8 Å². The number of hydrogen-bond acceptors (Lipinski definition) is 3. The van der Waals surface area contributed by atoms with Gasteiger partial charge in [0.1, 0.15) is 6.54 Å². The first-order chi connectivity index (χ1) is 11.2. The molecule has 7 heteroatoms. The Kier molecular flexibility index (Phi) is 4.80. The van der Waals surface area contributed by atoms with E-state index in [1.807, 2.05) is 6.92 Å². The van der Waals surface area contributed by atoms with Gasteiger partial charge in [-0.15, -0.1) is 0 Å². The Morgan fingerprint density at radius 1 is 1.33 bits per heavy atom. The maximum absolute atomic E-state index is 12.4. The maximum Gasteiger partial charge on any atom is 0.241 e. The molecule has 0 aliphatic heterocycles. The predicted molar refractivity (Wildman–Crippen MR) is 95.8 cm³/mol. The van der Waals surface area contributed by atoms with Gasteiger partial charge in [-0.3, -0.25) is 9.10 Å². The summed E-state index contributed by atoms with van der Waals surface area (Å²) in [6.45, 7) is 1.63. The number of hydrogen-bond donors (Lipinski definition) is 1. The lowest BCUT2D eigenvalue weighted by Crippen LogP contribution is -2.45. The fourth-order valence-electron chi connectivity index (χ4n) is 3.94. The molecule has 1 aromatic rings. The van der Waals surface area contributed by atoms with Crippen molar-refractivity contribution >= 4 is 33.2 Å². The molecule has 3 rings (SSSR count). The number of sulfonamides is 1. The highest BCUT2D eigenvalue weighted by Crippen LogP contribution is 2.44. The van der Waals surface area contributed by atoms with E-state index in [0.29, 0.717) is 16.6 Å². The van der Waals surface area contributed by atoms with Crippen molar-refractivity contribution in [1.29, 1.82) is 0 Å². The first-order valence-corrected chi connectivity index (χ1v) is 10.5. The minimum Gasteiger partial charge on any atom is -0.352 e. The molecule has 0 aromatic heterocycles. The molecular formula is C17H23ClN2O3S. The Hall–Kier alpha value is -1.27. The summed E-state index contributed by atoms with van der Waals surface area (Å²) in [5.41, 5.74) is 1.27. The molecule has 2 fully saturated rings. The van der Waals surface area contributed by atoms with Crippen molar-refractivity contribution < 1.29 is 13.2 Å². The van der Waals surface area contributed by atoms with Crippen molar-refractivity contribution in [3.63, 3.8) is 0 Å². The average Bonchev–Trinajstić information content (AvgIpc) is 3.09. The number of nitrogens with zero attached hydrogens (tertiary/aromatic N) is 1. The van der Waals surface area contributed by atoms with Crippen LogP contribution in [0.4, 0.5) is 5.69 Å². The van der Waals surface area contributed by atoms with Gasteiger partial charge >= 0.3 is 0 Å². The summed E-state index contributed by atoms with van der Waals surface area (Å²) in [4.78, 5) is 12.4. The second-order valence-electron chi connectivity index (χ2n) is 7.05. The Balaban J connectivity index is 1.72. The van der Waals surface area contributed by atoms with Crippen molar-refractivity contribution in [3.05, 3.63) is 28.8 Å². The van der Waals surface area contributed by atoms with Crippen LogP contribution in [-0.4, -0.2) is 33.2 Å². The molecule has 0 radical (unpaired) electrons. The Bertz CT molecular complexity index is 750. The van der Waals surface area contributed by atoms with Crippen LogP contribution in [0.15, 0.2) is 18.2 Å². The summed E-state index contributed by atoms with van der Waals surface area (Å²) in [6.07, 6.45) is 5.73. The van der Waals surface area contributed by atoms with Crippen molar-refractivity contribution in [2.45, 2.75) is 38.6 Å². The third kappa shape index (κ3) is 3.70. The summed E-state index contributed by atoms with van der Waals surface area (Å²) >= 11 is 6.10. The molecule has 5 nitrogen and oxygen atoms in total. The van der Waals surface area contributed by atoms with E-state index in [1.165, 1.54) is 19.3 Å². The number of benzene rings is 1. The molecule has 2 aliphatic carbocycles. The third-order valence-electron chi connectivity index (χ3n) is 5.22. The number of amides is 1. The first kappa shape index (κ1) is 17.5. The van der Waals surface area contributed by atoms with Crippen LogP contribution in [0.25, 0.3) is 0 Å². The fourth-order valence-corrected chi connectivity index (χ4v) is 4.96. The molecule has 24 heavy (non-hydrogen) atoms. The SMILES string of the molecule is Cc1ccc(N(CC(=O)N[C@H]2C[C@@H]3CC[C@@H]2C3)S(C)(=O)=O)cc1Cl. The second-order valence-corrected chi connectivity index (χ2v) is 9.37. The van der Waals surface area contributed by atoms with Crippen LogP contribution in [-0.2, 0) is 14.8 Å². The number of rotatable bonds is 5. The molecule has 0 spiro atoms. The highest BCUT2D eigenvalue weighted by atomic mass is 35.5. The minimum absolute atomic E-state index is 0.194. The van der Waals surface area contributed by atoms with Crippen LogP contribution in [0.3, 0.4) is 0 Å². The topological polar surface area (TPSA) is 66.5 Å². The lowest BCUT2D eigenvalue weighted by atomic mass is 9.95. The van der Waals surface area contributed by atoms with E-state index in [-0.39, 0.29) is 18.5 Å². The van der Waals surface area contributed by atoms with Gasteiger partial charge in [0.2, 0.25) is 15.9 Å². The van der Waals surface area contributed by atoms with Crippen LogP contribution in [0, 0.1) is 18.8 Å². The van der Waals surface area contributed by atoms with Gasteiger partial charge in [-0.2, -0.15) is 0 Å². The number of nitrogens with one attached hydrogen (secondary N) is 1. The van der Waals surface area contributed by atoms with E-state index in [1.54, 1.807) is 18.2 Å². The van der Waals surface area contributed by atoms with Crippen LogP contribution < -0.4 is 9.62 Å². The minimum atomic E-state index is -3.57. The molecule has 2 bridgehead atoms. The molecule has 1 N–H and O–H groups in total. The monoisotopic (exact) mass is 370 g/mol. The van der Waals surface area contributed by atoms with Gasteiger partial charge in [0, 0.05) is 11.1 Å².